The molecule has 0 amide bonds. The van der Waals surface area contributed by atoms with E-state index < -0.39 is 0 Å². The molecular weight excluding hydrogens is 324 g/mol. The Morgan fingerprint density at radius 3 is 2.83 bits per heavy atom. The van der Waals surface area contributed by atoms with Gasteiger partial charge in [-0.3, -0.25) is 0 Å². The molecule has 0 fully saturated rings. The lowest BCUT2D eigenvalue weighted by atomic mass is 10.1. The lowest BCUT2D eigenvalue weighted by Gasteiger charge is -2.16. The van der Waals surface area contributed by atoms with Crippen LogP contribution in [0.5, 0.6) is 5.75 Å². The number of aromatic hydroxyl groups is 1. The topological polar surface area (TPSA) is 63.0 Å². The van der Waals surface area contributed by atoms with Gasteiger partial charge in [0.25, 0.3) is 0 Å². The maximum Gasteiger partial charge on any atom is 0.158 e. The second-order valence-electron chi connectivity index (χ2n) is 5.74. The van der Waals surface area contributed by atoms with E-state index in [0.717, 1.165) is 22.6 Å². The smallest absolute Gasteiger partial charge is 0.158 e. The van der Waals surface area contributed by atoms with E-state index in [1.807, 2.05) is 31.2 Å². The normalized spacial score (nSPS) is 12.3. The van der Waals surface area contributed by atoms with Crippen LogP contribution in [0, 0.1) is 6.92 Å². The second kappa shape index (κ2) is 7.03. The van der Waals surface area contributed by atoms with Crippen LogP contribution in [0.25, 0.3) is 5.82 Å². The van der Waals surface area contributed by atoms with Gasteiger partial charge >= 0.3 is 0 Å². The number of phenolic OH excluding ortho intramolecular Hbond substituents is 1. The van der Waals surface area contributed by atoms with Crippen molar-refractivity contribution in [1.29, 1.82) is 0 Å². The Morgan fingerprint density at radius 2 is 2.12 bits per heavy atom. The number of nitrogens with one attached hydrogen (secondary N) is 1. The minimum atomic E-state index is 0.0902. The zero-order chi connectivity index (χ0) is 17.1. The van der Waals surface area contributed by atoms with E-state index in [1.165, 1.54) is 0 Å². The number of pyridine rings is 1. The fourth-order valence-corrected chi connectivity index (χ4v) is 2.64. The number of phenols is 1. The molecule has 5 nitrogen and oxygen atoms in total. The number of rotatable bonds is 5. The minimum absolute atomic E-state index is 0.0902. The van der Waals surface area contributed by atoms with Crippen molar-refractivity contribution >= 4 is 11.6 Å². The van der Waals surface area contributed by atoms with Gasteiger partial charge in [0.1, 0.15) is 5.75 Å². The third-order valence-electron chi connectivity index (χ3n) is 3.83. The zero-order valence-electron chi connectivity index (χ0n) is 13.6. The molecule has 124 valence electrons. The average Bonchev–Trinajstić information content (AvgIpc) is 2.99. The van der Waals surface area contributed by atoms with Crippen molar-refractivity contribution in [2.75, 3.05) is 0 Å². The number of halogens is 1. The third kappa shape index (κ3) is 3.75. The number of hydrogen-bond donors (Lipinski definition) is 2. The van der Waals surface area contributed by atoms with Crippen LogP contribution in [0.1, 0.15) is 29.8 Å². The molecule has 0 radical (unpaired) electrons. The maximum absolute atomic E-state index is 9.61. The first-order valence-electron chi connectivity index (χ1n) is 7.72. The third-order valence-corrected chi connectivity index (χ3v) is 4.03. The molecule has 0 bridgehead atoms. The first-order chi connectivity index (χ1) is 11.5. The van der Waals surface area contributed by atoms with E-state index in [0.29, 0.717) is 11.6 Å². The molecule has 0 saturated carbocycles. The minimum Gasteiger partial charge on any atom is -0.508 e. The van der Waals surface area contributed by atoms with Crippen LogP contribution in [0.3, 0.4) is 0 Å². The van der Waals surface area contributed by atoms with E-state index in [4.69, 9.17) is 11.6 Å². The van der Waals surface area contributed by atoms with Gasteiger partial charge in [0.2, 0.25) is 0 Å². The van der Waals surface area contributed by atoms with Crippen molar-refractivity contribution in [2.24, 2.45) is 0 Å². The summed E-state index contributed by atoms with van der Waals surface area (Å²) in [6.07, 6.45) is 3.34. The highest BCUT2D eigenvalue weighted by molar-refractivity contribution is 6.30. The largest absolute Gasteiger partial charge is 0.508 e. The summed E-state index contributed by atoms with van der Waals surface area (Å²) >= 11 is 5.97. The average molecular weight is 343 g/mol. The van der Waals surface area contributed by atoms with Gasteiger partial charge in [0.15, 0.2) is 5.82 Å². The fourth-order valence-electron chi connectivity index (χ4n) is 2.50. The van der Waals surface area contributed by atoms with E-state index in [-0.39, 0.29) is 11.8 Å². The molecule has 2 N–H and O–H groups in total. The molecule has 2 aromatic heterocycles. The van der Waals surface area contributed by atoms with E-state index >= 15 is 0 Å². The molecule has 0 saturated heterocycles. The van der Waals surface area contributed by atoms with E-state index in [9.17, 15) is 5.11 Å². The molecule has 0 unspecified atom stereocenters. The standard InChI is InChI=1S/C18H19ClN4O/c1-12-6-7-15(18(22-12)23-11-16(19)10-21-23)9-20-13(2)14-4-3-5-17(24)8-14/h3-8,10-11,13,20,24H,9H2,1-2H3/t13-/m0/s1. The van der Waals surface area contributed by atoms with Crippen LogP contribution in [-0.2, 0) is 6.54 Å². The van der Waals surface area contributed by atoms with Crippen LogP contribution >= 0.6 is 11.6 Å². The lowest BCUT2D eigenvalue weighted by Crippen LogP contribution is -2.19. The van der Waals surface area contributed by atoms with Gasteiger partial charge in [0.05, 0.1) is 17.4 Å². The first kappa shape index (κ1) is 16.5. The number of aryl methyl sites for hydroxylation is 1. The lowest BCUT2D eigenvalue weighted by molar-refractivity contribution is 0.472. The Kier molecular flexibility index (Phi) is 4.83. The molecule has 1 atom stereocenters. The highest BCUT2D eigenvalue weighted by Gasteiger charge is 2.11. The molecular formula is C18H19ClN4O. The van der Waals surface area contributed by atoms with Crippen molar-refractivity contribution in [3.05, 3.63) is 70.6 Å². The fraction of sp³-hybridized carbons (Fsp3) is 0.222. The van der Waals surface area contributed by atoms with Crippen LogP contribution in [0.15, 0.2) is 48.8 Å². The molecule has 24 heavy (non-hydrogen) atoms. The second-order valence-corrected chi connectivity index (χ2v) is 6.17. The highest BCUT2D eigenvalue weighted by Crippen LogP contribution is 2.20. The van der Waals surface area contributed by atoms with Gasteiger partial charge in [-0.25, -0.2) is 9.67 Å². The Morgan fingerprint density at radius 1 is 1.29 bits per heavy atom. The number of benzene rings is 1. The zero-order valence-corrected chi connectivity index (χ0v) is 14.3. The number of aromatic nitrogens is 3. The molecule has 3 aromatic rings. The van der Waals surface area contributed by atoms with Crippen molar-refractivity contribution in [3.8, 4) is 11.6 Å². The van der Waals surface area contributed by atoms with Crippen LogP contribution in [-0.4, -0.2) is 19.9 Å². The molecule has 0 aliphatic carbocycles. The first-order valence-corrected chi connectivity index (χ1v) is 8.10. The van der Waals surface area contributed by atoms with E-state index in [2.05, 4.69) is 22.3 Å². The number of hydrogen-bond acceptors (Lipinski definition) is 4. The van der Waals surface area contributed by atoms with Crippen molar-refractivity contribution < 1.29 is 5.11 Å². The number of nitrogens with zero attached hydrogens (tertiary/aromatic N) is 3. The summed E-state index contributed by atoms with van der Waals surface area (Å²) in [6.45, 7) is 4.62. The summed E-state index contributed by atoms with van der Waals surface area (Å²) in [6, 6.07) is 11.4. The highest BCUT2D eigenvalue weighted by atomic mass is 35.5. The quantitative estimate of drug-likeness (QED) is 0.740. The van der Waals surface area contributed by atoms with Gasteiger partial charge < -0.3 is 10.4 Å². The summed E-state index contributed by atoms with van der Waals surface area (Å²) < 4.78 is 1.69. The Hall–Kier alpha value is -2.37. The summed E-state index contributed by atoms with van der Waals surface area (Å²) in [5.74, 6) is 1.03. The Bertz CT molecular complexity index is 847. The summed E-state index contributed by atoms with van der Waals surface area (Å²) in [5.41, 5.74) is 2.97. The molecule has 6 heteroatoms. The molecule has 0 aliphatic heterocycles. The predicted molar refractivity (Wildman–Crippen MR) is 94.5 cm³/mol. The summed E-state index contributed by atoms with van der Waals surface area (Å²) in [4.78, 5) is 4.58. The monoisotopic (exact) mass is 342 g/mol. The Labute approximate surface area is 145 Å². The Balaban J connectivity index is 1.80. The summed E-state index contributed by atoms with van der Waals surface area (Å²) in [7, 11) is 0. The molecule has 1 aromatic carbocycles. The van der Waals surface area contributed by atoms with Gasteiger partial charge in [-0.1, -0.05) is 29.8 Å². The molecule has 2 heterocycles. The van der Waals surface area contributed by atoms with Gasteiger partial charge in [-0.2, -0.15) is 5.10 Å². The van der Waals surface area contributed by atoms with Crippen LogP contribution in [0.2, 0.25) is 5.02 Å². The molecule has 0 aliphatic rings. The van der Waals surface area contributed by atoms with Crippen molar-refractivity contribution in [1.82, 2.24) is 20.1 Å². The molecule has 0 spiro atoms. The van der Waals surface area contributed by atoms with Crippen LogP contribution in [0.4, 0.5) is 0 Å². The van der Waals surface area contributed by atoms with Crippen LogP contribution < -0.4 is 5.32 Å². The van der Waals surface area contributed by atoms with Crippen molar-refractivity contribution in [2.45, 2.75) is 26.4 Å². The predicted octanol–water partition coefficient (Wildman–Crippen LogP) is 3.79. The summed E-state index contributed by atoms with van der Waals surface area (Å²) in [5, 5.41) is 17.9. The van der Waals surface area contributed by atoms with Gasteiger partial charge in [0, 0.05) is 23.8 Å². The van der Waals surface area contributed by atoms with E-state index in [1.54, 1.807) is 29.2 Å². The SMILES string of the molecule is Cc1ccc(CN[C@@H](C)c2cccc(O)c2)c(-n2cc(Cl)cn2)n1. The molecule has 3 rings (SSSR count). The van der Waals surface area contributed by atoms with Gasteiger partial charge in [-0.05, 0) is 37.6 Å². The van der Waals surface area contributed by atoms with Crippen molar-refractivity contribution in [3.63, 3.8) is 0 Å². The maximum atomic E-state index is 9.61. The van der Waals surface area contributed by atoms with Gasteiger partial charge in [-0.15, -0.1) is 0 Å².